The molecule has 1 aromatic rings. The van der Waals surface area contributed by atoms with Crippen LogP contribution >= 0.6 is 23.2 Å². The first-order valence-corrected chi connectivity index (χ1v) is 3.61. The monoisotopic (exact) mass is 189 g/mol. The predicted molar refractivity (Wildman–Crippen MR) is 46.0 cm³/mol. The molecule has 2 N–H and O–H groups in total. The van der Waals surface area contributed by atoms with E-state index in [0.29, 0.717) is 10.7 Å². The molecule has 0 aliphatic rings. The molecular weight excluding hydrogens is 185 g/mol. The molecule has 0 saturated carbocycles. The van der Waals surface area contributed by atoms with Crippen LogP contribution in [0.25, 0.3) is 0 Å². The lowest BCUT2D eigenvalue weighted by atomic mass is 10.2. The average molecular weight is 190 g/mol. The van der Waals surface area contributed by atoms with Crippen molar-refractivity contribution in [3.63, 3.8) is 0 Å². The molecule has 0 aliphatic heterocycles. The van der Waals surface area contributed by atoms with Crippen LogP contribution in [0.15, 0.2) is 18.2 Å². The lowest BCUT2D eigenvalue weighted by Crippen LogP contribution is -1.93. The molecule has 0 amide bonds. The standard InChI is InChI=1S/C7H5Cl2NO/c8-6-2-1-4(10)3-5(6)7(9)11/h1-3H,10H2. The summed E-state index contributed by atoms with van der Waals surface area (Å²) < 4.78 is 0. The molecule has 0 bridgehead atoms. The quantitative estimate of drug-likeness (QED) is 0.545. The number of rotatable bonds is 1. The SMILES string of the molecule is Nc1ccc(Cl)c(C(=O)Cl)c1. The molecule has 1 rings (SSSR count). The lowest BCUT2D eigenvalue weighted by Gasteiger charge is -1.98. The number of benzene rings is 1. The van der Waals surface area contributed by atoms with E-state index in [1.165, 1.54) is 12.1 Å². The van der Waals surface area contributed by atoms with Gasteiger partial charge in [-0.05, 0) is 29.8 Å². The predicted octanol–water partition coefficient (Wildman–Crippen LogP) is 2.30. The Bertz CT molecular complexity index is 298. The zero-order valence-corrected chi connectivity index (χ0v) is 6.99. The number of nitrogen functional groups attached to an aromatic ring is 1. The molecule has 0 spiro atoms. The van der Waals surface area contributed by atoms with E-state index in [9.17, 15) is 4.79 Å². The third-order valence-corrected chi connectivity index (χ3v) is 1.74. The third kappa shape index (κ3) is 1.85. The normalized spacial score (nSPS) is 9.64. The van der Waals surface area contributed by atoms with Crippen molar-refractivity contribution in [1.29, 1.82) is 0 Å². The number of anilines is 1. The summed E-state index contributed by atoms with van der Waals surface area (Å²) >= 11 is 10.8. The van der Waals surface area contributed by atoms with Gasteiger partial charge < -0.3 is 5.73 Å². The zero-order chi connectivity index (χ0) is 8.43. The van der Waals surface area contributed by atoms with E-state index in [2.05, 4.69) is 0 Å². The van der Waals surface area contributed by atoms with Crippen LogP contribution in [-0.2, 0) is 0 Å². The summed E-state index contributed by atoms with van der Waals surface area (Å²) in [5.41, 5.74) is 6.11. The van der Waals surface area contributed by atoms with E-state index >= 15 is 0 Å². The summed E-state index contributed by atoms with van der Waals surface area (Å²) in [6.45, 7) is 0. The van der Waals surface area contributed by atoms with Crippen LogP contribution < -0.4 is 5.73 Å². The third-order valence-electron chi connectivity index (χ3n) is 1.20. The molecule has 4 heteroatoms. The average Bonchev–Trinajstić information content (AvgIpc) is 1.94. The molecule has 2 nitrogen and oxygen atoms in total. The summed E-state index contributed by atoms with van der Waals surface area (Å²) in [4.78, 5) is 10.6. The van der Waals surface area contributed by atoms with Crippen molar-refractivity contribution in [2.75, 3.05) is 5.73 Å². The van der Waals surface area contributed by atoms with Gasteiger partial charge in [0.15, 0.2) is 0 Å². The topological polar surface area (TPSA) is 43.1 Å². The molecule has 11 heavy (non-hydrogen) atoms. The van der Waals surface area contributed by atoms with Crippen molar-refractivity contribution < 1.29 is 4.79 Å². The maximum atomic E-state index is 10.6. The first-order valence-electron chi connectivity index (χ1n) is 2.86. The first-order chi connectivity index (χ1) is 5.11. The van der Waals surface area contributed by atoms with Gasteiger partial charge in [-0.15, -0.1) is 0 Å². The molecule has 0 saturated heterocycles. The fraction of sp³-hybridized carbons (Fsp3) is 0. The molecule has 0 unspecified atom stereocenters. The fourth-order valence-electron chi connectivity index (χ4n) is 0.694. The highest BCUT2D eigenvalue weighted by Gasteiger charge is 2.06. The van der Waals surface area contributed by atoms with Gasteiger partial charge in [0.2, 0.25) is 0 Å². The Kier molecular flexibility index (Phi) is 2.37. The van der Waals surface area contributed by atoms with Gasteiger partial charge in [0.25, 0.3) is 5.24 Å². The van der Waals surface area contributed by atoms with Gasteiger partial charge in [-0.1, -0.05) is 11.6 Å². The van der Waals surface area contributed by atoms with E-state index in [1.54, 1.807) is 6.07 Å². The molecule has 1 aromatic carbocycles. The minimum atomic E-state index is -0.595. The van der Waals surface area contributed by atoms with Crippen molar-refractivity contribution >= 4 is 34.1 Å². The minimum Gasteiger partial charge on any atom is -0.399 e. The number of carbonyl (C=O) groups excluding carboxylic acids is 1. The highest BCUT2D eigenvalue weighted by molar-refractivity contribution is 6.68. The smallest absolute Gasteiger partial charge is 0.253 e. The summed E-state index contributed by atoms with van der Waals surface area (Å²) in [6.07, 6.45) is 0. The largest absolute Gasteiger partial charge is 0.399 e. The number of carbonyl (C=O) groups is 1. The maximum Gasteiger partial charge on any atom is 0.253 e. The van der Waals surface area contributed by atoms with Gasteiger partial charge >= 0.3 is 0 Å². The Labute approximate surface area is 73.9 Å². The van der Waals surface area contributed by atoms with Crippen LogP contribution in [0.5, 0.6) is 0 Å². The van der Waals surface area contributed by atoms with Gasteiger partial charge in [0, 0.05) is 5.69 Å². The highest BCUT2D eigenvalue weighted by Crippen LogP contribution is 2.20. The Morgan fingerprint density at radius 3 is 2.55 bits per heavy atom. The molecule has 0 atom stereocenters. The molecule has 58 valence electrons. The van der Waals surface area contributed by atoms with Crippen molar-refractivity contribution in [3.8, 4) is 0 Å². The molecule has 0 heterocycles. The Morgan fingerprint density at radius 2 is 2.09 bits per heavy atom. The van der Waals surface area contributed by atoms with Crippen molar-refractivity contribution in [3.05, 3.63) is 28.8 Å². The minimum absolute atomic E-state index is 0.244. The van der Waals surface area contributed by atoms with Crippen LogP contribution in [0.1, 0.15) is 10.4 Å². The first kappa shape index (κ1) is 8.37. The second kappa shape index (κ2) is 3.11. The van der Waals surface area contributed by atoms with Crippen molar-refractivity contribution in [2.24, 2.45) is 0 Å². The van der Waals surface area contributed by atoms with E-state index < -0.39 is 5.24 Å². The number of halogens is 2. The Balaban J connectivity index is 3.23. The summed E-state index contributed by atoms with van der Waals surface area (Å²) in [5.74, 6) is 0. The number of hydrogen-bond donors (Lipinski definition) is 1. The van der Waals surface area contributed by atoms with Crippen LogP contribution in [0.4, 0.5) is 5.69 Å². The second-order valence-corrected chi connectivity index (χ2v) is 2.76. The zero-order valence-electron chi connectivity index (χ0n) is 5.47. The van der Waals surface area contributed by atoms with E-state index in [4.69, 9.17) is 28.9 Å². The van der Waals surface area contributed by atoms with E-state index in [-0.39, 0.29) is 5.56 Å². The summed E-state index contributed by atoms with van der Waals surface area (Å²) in [6, 6.07) is 4.58. The summed E-state index contributed by atoms with van der Waals surface area (Å²) in [7, 11) is 0. The van der Waals surface area contributed by atoms with Crippen molar-refractivity contribution in [2.45, 2.75) is 0 Å². The Hall–Kier alpha value is -0.730. The lowest BCUT2D eigenvalue weighted by molar-refractivity contribution is 0.108. The fourth-order valence-corrected chi connectivity index (χ4v) is 1.10. The maximum absolute atomic E-state index is 10.6. The van der Waals surface area contributed by atoms with Gasteiger partial charge in [-0.25, -0.2) is 0 Å². The van der Waals surface area contributed by atoms with Crippen LogP contribution in [0.2, 0.25) is 5.02 Å². The second-order valence-electron chi connectivity index (χ2n) is 2.01. The van der Waals surface area contributed by atoms with E-state index in [1.807, 2.05) is 0 Å². The van der Waals surface area contributed by atoms with Crippen LogP contribution in [0, 0.1) is 0 Å². The van der Waals surface area contributed by atoms with Gasteiger partial charge in [-0.2, -0.15) is 0 Å². The Morgan fingerprint density at radius 1 is 1.45 bits per heavy atom. The van der Waals surface area contributed by atoms with Crippen molar-refractivity contribution in [1.82, 2.24) is 0 Å². The number of hydrogen-bond acceptors (Lipinski definition) is 2. The van der Waals surface area contributed by atoms with Gasteiger partial charge in [0.1, 0.15) is 0 Å². The van der Waals surface area contributed by atoms with Crippen LogP contribution in [0.3, 0.4) is 0 Å². The van der Waals surface area contributed by atoms with Crippen LogP contribution in [-0.4, -0.2) is 5.24 Å². The molecular formula is C7H5Cl2NO. The van der Waals surface area contributed by atoms with Gasteiger partial charge in [-0.3, -0.25) is 4.79 Å². The number of nitrogens with two attached hydrogens (primary N) is 1. The highest BCUT2D eigenvalue weighted by atomic mass is 35.5. The molecule has 0 aliphatic carbocycles. The van der Waals surface area contributed by atoms with Gasteiger partial charge in [0.05, 0.1) is 10.6 Å². The molecule has 0 aromatic heterocycles. The van der Waals surface area contributed by atoms with E-state index in [0.717, 1.165) is 0 Å². The summed E-state index contributed by atoms with van der Waals surface area (Å²) in [5, 5.41) is -0.276. The molecule has 0 radical (unpaired) electrons. The molecule has 0 fully saturated rings.